The van der Waals surface area contributed by atoms with Crippen molar-refractivity contribution < 1.29 is 23.6 Å². The van der Waals surface area contributed by atoms with Crippen LogP contribution in [0.2, 0.25) is 0 Å². The smallest absolute Gasteiger partial charge is 0.417 e. The summed E-state index contributed by atoms with van der Waals surface area (Å²) < 4.78 is 22.7. The van der Waals surface area contributed by atoms with E-state index in [9.17, 15) is 19.3 Å². The summed E-state index contributed by atoms with van der Waals surface area (Å²) in [6.45, 7) is 0. The van der Waals surface area contributed by atoms with E-state index in [1.807, 2.05) is 0 Å². The third kappa shape index (κ3) is 3.69. The molecule has 0 saturated carbocycles. The normalized spacial score (nSPS) is 9.91. The lowest BCUT2D eigenvalue weighted by Crippen LogP contribution is -2.17. The third-order valence-electron chi connectivity index (χ3n) is 2.66. The quantitative estimate of drug-likeness (QED) is 0.691. The van der Waals surface area contributed by atoms with E-state index in [0.717, 1.165) is 12.1 Å². The van der Waals surface area contributed by atoms with Crippen LogP contribution in [0.4, 0.5) is 20.6 Å². The van der Waals surface area contributed by atoms with Crippen LogP contribution in [-0.2, 0) is 0 Å². The van der Waals surface area contributed by atoms with Gasteiger partial charge in [0.25, 0.3) is 5.69 Å². The summed E-state index contributed by atoms with van der Waals surface area (Å²) in [7, 11) is 1.32. The van der Waals surface area contributed by atoms with Gasteiger partial charge in [-0.05, 0) is 30.3 Å². The number of amides is 1. The van der Waals surface area contributed by atoms with Crippen LogP contribution in [0.25, 0.3) is 0 Å². The van der Waals surface area contributed by atoms with Crippen molar-refractivity contribution in [2.45, 2.75) is 0 Å². The minimum Gasteiger partial charge on any atom is -0.494 e. The molecule has 0 bridgehead atoms. The van der Waals surface area contributed by atoms with Gasteiger partial charge < -0.3 is 9.47 Å². The van der Waals surface area contributed by atoms with Crippen molar-refractivity contribution in [2.75, 3.05) is 12.4 Å². The predicted molar refractivity (Wildman–Crippen MR) is 75.7 cm³/mol. The lowest BCUT2D eigenvalue weighted by atomic mass is 10.2. The van der Waals surface area contributed by atoms with E-state index < -0.39 is 16.8 Å². The Bertz CT molecular complexity index is 703. The fraction of sp³-hybridized carbons (Fsp3) is 0.0714. The van der Waals surface area contributed by atoms with Crippen molar-refractivity contribution in [1.29, 1.82) is 0 Å². The van der Waals surface area contributed by atoms with Gasteiger partial charge in [-0.2, -0.15) is 0 Å². The van der Waals surface area contributed by atoms with Gasteiger partial charge in [0.05, 0.1) is 23.8 Å². The maximum absolute atomic E-state index is 12.7. The molecule has 2 rings (SSSR count). The van der Waals surface area contributed by atoms with Gasteiger partial charge in [0.2, 0.25) is 0 Å². The molecule has 0 heterocycles. The van der Waals surface area contributed by atoms with Gasteiger partial charge in [-0.25, -0.2) is 9.18 Å². The highest BCUT2D eigenvalue weighted by molar-refractivity contribution is 5.88. The molecule has 0 aliphatic heterocycles. The SMILES string of the molecule is COc1cc([N+](=O)[O-])ccc1NC(=O)Oc1ccc(F)cc1. The van der Waals surface area contributed by atoms with Crippen LogP contribution in [0.5, 0.6) is 11.5 Å². The van der Waals surface area contributed by atoms with Crippen molar-refractivity contribution >= 4 is 17.5 Å². The topological polar surface area (TPSA) is 90.7 Å². The van der Waals surface area contributed by atoms with Gasteiger partial charge in [-0.3, -0.25) is 15.4 Å². The van der Waals surface area contributed by atoms with E-state index in [1.54, 1.807) is 0 Å². The molecule has 7 nitrogen and oxygen atoms in total. The number of nitro groups is 1. The molecule has 0 fully saturated rings. The van der Waals surface area contributed by atoms with E-state index in [1.165, 1.54) is 37.4 Å². The summed E-state index contributed by atoms with van der Waals surface area (Å²) in [6, 6.07) is 8.60. The van der Waals surface area contributed by atoms with Crippen molar-refractivity contribution in [1.82, 2.24) is 0 Å². The lowest BCUT2D eigenvalue weighted by Gasteiger charge is -2.10. The highest BCUT2D eigenvalue weighted by Gasteiger charge is 2.14. The number of rotatable bonds is 4. The van der Waals surface area contributed by atoms with Crippen LogP contribution >= 0.6 is 0 Å². The number of hydrogen-bond acceptors (Lipinski definition) is 5. The van der Waals surface area contributed by atoms with Crippen LogP contribution in [-0.4, -0.2) is 18.1 Å². The summed E-state index contributed by atoms with van der Waals surface area (Å²) in [4.78, 5) is 21.8. The van der Waals surface area contributed by atoms with Gasteiger partial charge in [0, 0.05) is 6.07 Å². The number of benzene rings is 2. The minimum absolute atomic E-state index is 0.116. The van der Waals surface area contributed by atoms with Gasteiger partial charge >= 0.3 is 6.09 Å². The van der Waals surface area contributed by atoms with E-state index >= 15 is 0 Å². The molecule has 1 N–H and O–H groups in total. The molecule has 0 radical (unpaired) electrons. The molecule has 2 aromatic carbocycles. The largest absolute Gasteiger partial charge is 0.494 e. The summed E-state index contributed by atoms with van der Waals surface area (Å²) in [5, 5.41) is 13.1. The number of halogens is 1. The summed E-state index contributed by atoms with van der Waals surface area (Å²) >= 11 is 0. The number of carbonyl (C=O) groups excluding carboxylic acids is 1. The predicted octanol–water partition coefficient (Wildman–Crippen LogP) is 3.35. The number of hydrogen-bond donors (Lipinski definition) is 1. The van der Waals surface area contributed by atoms with Gasteiger partial charge in [-0.1, -0.05) is 0 Å². The number of nitro benzene ring substituents is 1. The number of anilines is 1. The first-order chi connectivity index (χ1) is 10.5. The highest BCUT2D eigenvalue weighted by Crippen LogP contribution is 2.29. The second-order valence-corrected chi connectivity index (χ2v) is 4.11. The van der Waals surface area contributed by atoms with Crippen molar-refractivity contribution in [3.05, 3.63) is 58.4 Å². The Balaban J connectivity index is 2.10. The molecule has 0 aromatic heterocycles. The number of non-ortho nitro benzene ring substituents is 1. The first-order valence-electron chi connectivity index (χ1n) is 6.06. The molecule has 1 amide bonds. The van der Waals surface area contributed by atoms with Crippen LogP contribution in [0.1, 0.15) is 0 Å². The molecule has 114 valence electrons. The molecule has 2 aromatic rings. The Hall–Kier alpha value is -3.16. The fourth-order valence-electron chi connectivity index (χ4n) is 1.64. The summed E-state index contributed by atoms with van der Waals surface area (Å²) in [6.07, 6.45) is -0.834. The van der Waals surface area contributed by atoms with Crippen molar-refractivity contribution in [3.63, 3.8) is 0 Å². The maximum atomic E-state index is 12.7. The molecule has 8 heteroatoms. The minimum atomic E-state index is -0.834. The van der Waals surface area contributed by atoms with E-state index in [-0.39, 0.29) is 22.9 Å². The Morgan fingerprint density at radius 2 is 1.91 bits per heavy atom. The number of carbonyl (C=O) groups is 1. The Morgan fingerprint density at radius 1 is 1.23 bits per heavy atom. The zero-order valence-corrected chi connectivity index (χ0v) is 11.4. The van der Waals surface area contributed by atoms with Gasteiger partial charge in [0.1, 0.15) is 17.3 Å². The molecule has 0 aliphatic rings. The van der Waals surface area contributed by atoms with Crippen molar-refractivity contribution in [2.24, 2.45) is 0 Å². The molecule has 0 saturated heterocycles. The maximum Gasteiger partial charge on any atom is 0.417 e. The molecular formula is C14H11FN2O5. The number of ether oxygens (including phenoxy) is 2. The van der Waals surface area contributed by atoms with E-state index in [2.05, 4.69) is 5.32 Å². The average Bonchev–Trinajstić information content (AvgIpc) is 2.49. The van der Waals surface area contributed by atoms with E-state index in [4.69, 9.17) is 9.47 Å². The van der Waals surface area contributed by atoms with Gasteiger partial charge in [-0.15, -0.1) is 0 Å². The molecule has 22 heavy (non-hydrogen) atoms. The lowest BCUT2D eigenvalue weighted by molar-refractivity contribution is -0.384. The third-order valence-corrected chi connectivity index (χ3v) is 2.66. The average molecular weight is 306 g/mol. The zero-order valence-electron chi connectivity index (χ0n) is 11.4. The molecular weight excluding hydrogens is 295 g/mol. The zero-order chi connectivity index (χ0) is 16.1. The Labute approximate surface area is 124 Å². The fourth-order valence-corrected chi connectivity index (χ4v) is 1.64. The summed E-state index contributed by atoms with van der Waals surface area (Å²) in [5.41, 5.74) is 0.0366. The monoisotopic (exact) mass is 306 g/mol. The first-order valence-corrected chi connectivity index (χ1v) is 6.06. The first kappa shape index (κ1) is 15.2. The molecule has 0 spiro atoms. The molecule has 0 atom stereocenters. The van der Waals surface area contributed by atoms with Crippen LogP contribution in [0.15, 0.2) is 42.5 Å². The molecule has 0 aliphatic carbocycles. The number of nitrogens with zero attached hydrogens (tertiary/aromatic N) is 1. The molecule has 0 unspecified atom stereocenters. The van der Waals surface area contributed by atoms with Crippen molar-refractivity contribution in [3.8, 4) is 11.5 Å². The Morgan fingerprint density at radius 3 is 2.50 bits per heavy atom. The number of methoxy groups -OCH3 is 1. The van der Waals surface area contributed by atoms with Gasteiger partial charge in [0.15, 0.2) is 0 Å². The number of nitrogens with one attached hydrogen (secondary N) is 1. The standard InChI is InChI=1S/C14H11FN2O5/c1-21-13-8-10(17(19)20)4-7-12(13)16-14(18)22-11-5-2-9(15)3-6-11/h2-8H,1H3,(H,16,18). The van der Waals surface area contributed by atoms with Crippen LogP contribution < -0.4 is 14.8 Å². The van der Waals surface area contributed by atoms with Crippen LogP contribution in [0, 0.1) is 15.9 Å². The Kier molecular flexibility index (Phi) is 4.52. The summed E-state index contributed by atoms with van der Waals surface area (Å²) in [5.74, 6) is -0.185. The second kappa shape index (κ2) is 6.53. The highest BCUT2D eigenvalue weighted by atomic mass is 19.1. The second-order valence-electron chi connectivity index (χ2n) is 4.11. The van der Waals surface area contributed by atoms with E-state index in [0.29, 0.717) is 0 Å². The van der Waals surface area contributed by atoms with Crippen LogP contribution in [0.3, 0.4) is 0 Å².